The van der Waals surface area contributed by atoms with Gasteiger partial charge in [-0.1, -0.05) is 13.0 Å². The van der Waals surface area contributed by atoms with E-state index < -0.39 is 0 Å². The number of rotatable bonds is 6. The first kappa shape index (κ1) is 15.5. The highest BCUT2D eigenvalue weighted by Gasteiger charge is 2.23. The molecule has 21 heavy (non-hydrogen) atoms. The van der Waals surface area contributed by atoms with Gasteiger partial charge in [0, 0.05) is 13.1 Å². The maximum absolute atomic E-state index is 12.3. The fourth-order valence-corrected chi connectivity index (χ4v) is 2.51. The lowest BCUT2D eigenvalue weighted by Crippen LogP contribution is -2.39. The van der Waals surface area contributed by atoms with Crippen molar-refractivity contribution in [2.45, 2.75) is 39.2 Å². The van der Waals surface area contributed by atoms with Crippen LogP contribution in [0.4, 0.5) is 11.4 Å². The van der Waals surface area contributed by atoms with E-state index in [2.05, 4.69) is 12.2 Å². The third-order valence-electron chi connectivity index (χ3n) is 3.69. The second-order valence-corrected chi connectivity index (χ2v) is 5.46. The molecule has 1 fully saturated rings. The van der Waals surface area contributed by atoms with E-state index in [1.165, 1.54) is 0 Å². The zero-order chi connectivity index (χ0) is 15.2. The Labute approximate surface area is 126 Å². The van der Waals surface area contributed by atoms with Gasteiger partial charge in [0.05, 0.1) is 18.0 Å². The smallest absolute Gasteiger partial charge is 0.244 e. The molecule has 5 nitrogen and oxygen atoms in total. The summed E-state index contributed by atoms with van der Waals surface area (Å²) in [6, 6.07) is 5.33. The molecule has 0 saturated carbocycles. The molecule has 2 rings (SSSR count). The molecule has 1 atom stereocenters. The van der Waals surface area contributed by atoms with Gasteiger partial charge in [0.25, 0.3) is 0 Å². The van der Waals surface area contributed by atoms with E-state index in [4.69, 9.17) is 10.5 Å². The van der Waals surface area contributed by atoms with Crippen molar-refractivity contribution in [3.8, 4) is 5.75 Å². The number of nitrogens with one attached hydrogen (secondary N) is 1. The molecule has 0 spiro atoms. The van der Waals surface area contributed by atoms with Gasteiger partial charge in [0.2, 0.25) is 5.91 Å². The molecule has 0 aliphatic carbocycles. The van der Waals surface area contributed by atoms with Gasteiger partial charge in [-0.2, -0.15) is 0 Å². The highest BCUT2D eigenvalue weighted by Crippen LogP contribution is 2.30. The fraction of sp³-hybridized carbons (Fsp3) is 0.562. The molecule has 3 N–H and O–H groups in total. The Kier molecular flexibility index (Phi) is 5.31. The maximum Gasteiger partial charge on any atom is 0.244 e. The molecule has 1 saturated heterocycles. The second-order valence-electron chi connectivity index (χ2n) is 5.46. The summed E-state index contributed by atoms with van der Waals surface area (Å²) in [5.41, 5.74) is 7.43. The predicted molar refractivity (Wildman–Crippen MR) is 85.5 cm³/mol. The number of benzene rings is 1. The lowest BCUT2D eigenvalue weighted by molar-refractivity contribution is -0.130. The Hall–Kier alpha value is -1.91. The summed E-state index contributed by atoms with van der Waals surface area (Å²) in [5.74, 6) is 0.800. The Morgan fingerprint density at radius 1 is 1.43 bits per heavy atom. The normalized spacial score (nSPS) is 15.8. The second kappa shape index (κ2) is 7.20. The molecule has 0 aromatic heterocycles. The van der Waals surface area contributed by atoms with Crippen molar-refractivity contribution in [1.82, 2.24) is 4.90 Å². The molecule has 1 aromatic rings. The molecule has 0 radical (unpaired) electrons. The van der Waals surface area contributed by atoms with Gasteiger partial charge in [-0.05, 0) is 38.3 Å². The van der Waals surface area contributed by atoms with E-state index in [0.29, 0.717) is 18.0 Å². The molecule has 1 aliphatic heterocycles. The van der Waals surface area contributed by atoms with Crippen molar-refractivity contribution in [2.75, 3.05) is 30.7 Å². The quantitative estimate of drug-likeness (QED) is 0.790. The zero-order valence-corrected chi connectivity index (χ0v) is 12.9. The highest BCUT2D eigenvalue weighted by atomic mass is 16.5. The van der Waals surface area contributed by atoms with Crippen LogP contribution in [-0.2, 0) is 4.79 Å². The Bertz CT molecular complexity index is 484. The molecule has 1 aromatic carbocycles. The SMILES string of the molecule is CCCOc1cccc(NC(C)C(=O)N2CCCC2)c1N. The number of nitrogens with two attached hydrogens (primary N) is 1. The van der Waals surface area contributed by atoms with Gasteiger partial charge in [-0.15, -0.1) is 0 Å². The van der Waals surface area contributed by atoms with E-state index in [0.717, 1.165) is 38.0 Å². The van der Waals surface area contributed by atoms with Crippen molar-refractivity contribution in [3.63, 3.8) is 0 Å². The van der Waals surface area contributed by atoms with Crippen LogP contribution in [0.3, 0.4) is 0 Å². The molecule has 1 unspecified atom stereocenters. The van der Waals surface area contributed by atoms with Crippen molar-refractivity contribution in [3.05, 3.63) is 18.2 Å². The van der Waals surface area contributed by atoms with Crippen LogP contribution in [-0.4, -0.2) is 36.5 Å². The lowest BCUT2D eigenvalue weighted by atomic mass is 10.2. The monoisotopic (exact) mass is 291 g/mol. The summed E-state index contributed by atoms with van der Waals surface area (Å²) in [6.07, 6.45) is 3.13. The zero-order valence-electron chi connectivity index (χ0n) is 12.9. The van der Waals surface area contributed by atoms with Crippen LogP contribution < -0.4 is 15.8 Å². The number of carbonyl (C=O) groups excluding carboxylic acids is 1. The topological polar surface area (TPSA) is 67.6 Å². The molecule has 0 bridgehead atoms. The molecule has 1 heterocycles. The van der Waals surface area contributed by atoms with E-state index >= 15 is 0 Å². The van der Waals surface area contributed by atoms with Gasteiger partial charge in [0.1, 0.15) is 11.8 Å². The van der Waals surface area contributed by atoms with E-state index in [-0.39, 0.29) is 11.9 Å². The fourth-order valence-electron chi connectivity index (χ4n) is 2.51. The Morgan fingerprint density at radius 3 is 2.81 bits per heavy atom. The first-order chi connectivity index (χ1) is 10.1. The van der Waals surface area contributed by atoms with Crippen LogP contribution in [0.1, 0.15) is 33.1 Å². The molecule has 1 aliphatic rings. The number of hydrogen-bond acceptors (Lipinski definition) is 4. The first-order valence-corrected chi connectivity index (χ1v) is 7.70. The number of anilines is 2. The number of nitrogen functional groups attached to an aromatic ring is 1. The minimum absolute atomic E-state index is 0.131. The van der Waals surface area contributed by atoms with Crippen molar-refractivity contribution >= 4 is 17.3 Å². The highest BCUT2D eigenvalue weighted by molar-refractivity contribution is 5.86. The molecule has 5 heteroatoms. The average molecular weight is 291 g/mol. The number of carbonyl (C=O) groups is 1. The van der Waals surface area contributed by atoms with Crippen LogP contribution in [0.15, 0.2) is 18.2 Å². The number of nitrogens with zero attached hydrogens (tertiary/aromatic N) is 1. The van der Waals surface area contributed by atoms with Crippen molar-refractivity contribution in [2.24, 2.45) is 0 Å². The standard InChI is InChI=1S/C16H25N3O2/c1-3-11-21-14-8-6-7-13(15(14)17)18-12(2)16(20)19-9-4-5-10-19/h6-8,12,18H,3-5,9-11,17H2,1-2H3. The Morgan fingerprint density at radius 2 is 2.14 bits per heavy atom. The summed E-state index contributed by atoms with van der Waals surface area (Å²) < 4.78 is 5.61. The number of ether oxygens (including phenoxy) is 1. The minimum Gasteiger partial charge on any atom is -0.491 e. The number of para-hydroxylation sites is 1. The van der Waals surface area contributed by atoms with E-state index in [1.54, 1.807) is 0 Å². The Balaban J connectivity index is 2.02. The third kappa shape index (κ3) is 3.80. The summed E-state index contributed by atoms with van der Waals surface area (Å²) >= 11 is 0. The largest absolute Gasteiger partial charge is 0.491 e. The summed E-state index contributed by atoms with van der Waals surface area (Å²) in [4.78, 5) is 14.2. The maximum atomic E-state index is 12.3. The van der Waals surface area contributed by atoms with Gasteiger partial charge >= 0.3 is 0 Å². The van der Waals surface area contributed by atoms with Crippen molar-refractivity contribution < 1.29 is 9.53 Å². The third-order valence-corrected chi connectivity index (χ3v) is 3.69. The molecular formula is C16H25N3O2. The molecular weight excluding hydrogens is 266 g/mol. The summed E-state index contributed by atoms with van der Waals surface area (Å²) in [6.45, 7) is 6.28. The van der Waals surface area contributed by atoms with Gasteiger partial charge in [0.15, 0.2) is 0 Å². The van der Waals surface area contributed by atoms with E-state index in [9.17, 15) is 4.79 Å². The van der Waals surface area contributed by atoms with Crippen LogP contribution in [0.5, 0.6) is 5.75 Å². The van der Waals surface area contributed by atoms with E-state index in [1.807, 2.05) is 30.0 Å². The average Bonchev–Trinajstić information content (AvgIpc) is 3.01. The van der Waals surface area contributed by atoms with Crippen LogP contribution in [0, 0.1) is 0 Å². The molecule has 1 amide bonds. The predicted octanol–water partition coefficient (Wildman–Crippen LogP) is 2.48. The number of likely N-dealkylation sites (tertiary alicyclic amines) is 1. The van der Waals surface area contributed by atoms with Gasteiger partial charge in [-0.25, -0.2) is 0 Å². The molecule has 116 valence electrons. The van der Waals surface area contributed by atoms with Gasteiger partial charge in [-0.3, -0.25) is 4.79 Å². The first-order valence-electron chi connectivity index (χ1n) is 7.70. The summed E-state index contributed by atoms with van der Waals surface area (Å²) in [5, 5.41) is 3.21. The van der Waals surface area contributed by atoms with Crippen LogP contribution >= 0.6 is 0 Å². The van der Waals surface area contributed by atoms with Crippen LogP contribution in [0.25, 0.3) is 0 Å². The number of hydrogen-bond donors (Lipinski definition) is 2. The van der Waals surface area contributed by atoms with Crippen molar-refractivity contribution in [1.29, 1.82) is 0 Å². The minimum atomic E-state index is -0.285. The number of amides is 1. The lowest BCUT2D eigenvalue weighted by Gasteiger charge is -2.23. The summed E-state index contributed by atoms with van der Waals surface area (Å²) in [7, 11) is 0. The van der Waals surface area contributed by atoms with Gasteiger partial charge < -0.3 is 20.7 Å². The van der Waals surface area contributed by atoms with Crippen LogP contribution in [0.2, 0.25) is 0 Å².